The fraction of sp³-hybridized carbons (Fsp3) is 0.591. The minimum atomic E-state index is -0.462. The Morgan fingerprint density at radius 3 is 2.18 bits per heavy atom. The van der Waals surface area contributed by atoms with Crippen LogP contribution in [0.25, 0.3) is 0 Å². The van der Waals surface area contributed by atoms with Gasteiger partial charge in [0.2, 0.25) is 0 Å². The van der Waals surface area contributed by atoms with E-state index in [1.807, 2.05) is 24.3 Å². The lowest BCUT2D eigenvalue weighted by atomic mass is 9.86. The number of nitrogens with one attached hydrogen (secondary N) is 2. The molecule has 0 saturated carbocycles. The van der Waals surface area contributed by atoms with Crippen LogP contribution >= 0.6 is 0 Å². The van der Waals surface area contributed by atoms with Gasteiger partial charge in [-0.15, -0.1) is 5.06 Å². The van der Waals surface area contributed by atoms with Crippen LogP contribution in [0.1, 0.15) is 59.9 Å². The zero-order chi connectivity index (χ0) is 20.6. The predicted molar refractivity (Wildman–Crippen MR) is 111 cm³/mol. The van der Waals surface area contributed by atoms with E-state index in [1.165, 1.54) is 5.56 Å². The van der Waals surface area contributed by atoms with Gasteiger partial charge in [0.25, 0.3) is 0 Å². The van der Waals surface area contributed by atoms with E-state index in [0.717, 1.165) is 24.2 Å². The Bertz CT molecular complexity index is 734. The first-order chi connectivity index (χ1) is 13.0. The normalized spacial score (nSPS) is 19.9. The van der Waals surface area contributed by atoms with Crippen LogP contribution in [0.5, 0.6) is 0 Å². The SMILES string of the molecule is CC(C)(C)C1=CC2(CCN(OC(=O)Nc3ccc(C(C)(C)C)cc3)CC2)ON1. The molecule has 1 amide bonds. The Morgan fingerprint density at radius 1 is 1.07 bits per heavy atom. The molecule has 2 heterocycles. The van der Waals surface area contributed by atoms with Crippen molar-refractivity contribution in [1.82, 2.24) is 10.5 Å². The maximum absolute atomic E-state index is 12.2. The molecule has 1 saturated heterocycles. The van der Waals surface area contributed by atoms with Crippen LogP contribution in [0, 0.1) is 5.41 Å². The molecule has 6 nitrogen and oxygen atoms in total. The Hall–Kier alpha value is -2.05. The largest absolute Gasteiger partial charge is 0.430 e. The molecular formula is C22H33N3O3. The highest BCUT2D eigenvalue weighted by Crippen LogP contribution is 2.37. The van der Waals surface area contributed by atoms with E-state index in [-0.39, 0.29) is 16.4 Å². The van der Waals surface area contributed by atoms with Gasteiger partial charge in [-0.2, -0.15) is 0 Å². The van der Waals surface area contributed by atoms with Gasteiger partial charge >= 0.3 is 6.09 Å². The van der Waals surface area contributed by atoms with Crippen molar-refractivity contribution < 1.29 is 14.5 Å². The van der Waals surface area contributed by atoms with E-state index in [2.05, 4.69) is 58.4 Å². The molecule has 0 aliphatic carbocycles. The fourth-order valence-corrected chi connectivity index (χ4v) is 3.36. The molecular weight excluding hydrogens is 354 g/mol. The zero-order valence-corrected chi connectivity index (χ0v) is 17.9. The van der Waals surface area contributed by atoms with Gasteiger partial charge < -0.3 is 4.84 Å². The summed E-state index contributed by atoms with van der Waals surface area (Å²) in [6.45, 7) is 14.2. The summed E-state index contributed by atoms with van der Waals surface area (Å²) in [6.07, 6.45) is 3.28. The Labute approximate surface area is 168 Å². The van der Waals surface area contributed by atoms with Crippen LogP contribution in [0.2, 0.25) is 0 Å². The van der Waals surface area contributed by atoms with E-state index < -0.39 is 6.09 Å². The van der Waals surface area contributed by atoms with E-state index in [4.69, 9.17) is 9.68 Å². The van der Waals surface area contributed by atoms with Gasteiger partial charge in [0.05, 0.1) is 0 Å². The summed E-state index contributed by atoms with van der Waals surface area (Å²) in [4.78, 5) is 23.6. The van der Waals surface area contributed by atoms with Gasteiger partial charge in [-0.25, -0.2) is 4.79 Å². The highest BCUT2D eigenvalue weighted by atomic mass is 16.7. The zero-order valence-electron chi connectivity index (χ0n) is 17.9. The number of carbonyl (C=O) groups excluding carboxylic acids is 1. The maximum atomic E-state index is 12.2. The number of allylic oxidation sites excluding steroid dienone is 1. The van der Waals surface area contributed by atoms with E-state index in [0.29, 0.717) is 13.1 Å². The molecule has 0 atom stereocenters. The van der Waals surface area contributed by atoms with Crippen LogP contribution < -0.4 is 10.8 Å². The lowest BCUT2D eigenvalue weighted by Crippen LogP contribution is -2.45. The molecule has 1 fully saturated rings. The maximum Gasteiger partial charge on any atom is 0.430 e. The highest BCUT2D eigenvalue weighted by molar-refractivity contribution is 5.84. The molecule has 0 radical (unpaired) electrons. The number of rotatable bonds is 2. The second kappa shape index (κ2) is 7.41. The molecule has 1 aromatic rings. The van der Waals surface area contributed by atoms with E-state index in [9.17, 15) is 4.79 Å². The number of anilines is 1. The van der Waals surface area contributed by atoms with Crippen molar-refractivity contribution in [2.24, 2.45) is 5.41 Å². The smallest absolute Gasteiger partial charge is 0.351 e. The molecule has 1 spiro atoms. The molecule has 3 rings (SSSR count). The first kappa shape index (κ1) is 20.7. The highest BCUT2D eigenvalue weighted by Gasteiger charge is 2.41. The third-order valence-corrected chi connectivity index (χ3v) is 5.36. The second-order valence-corrected chi connectivity index (χ2v) is 9.84. The summed E-state index contributed by atoms with van der Waals surface area (Å²) in [6, 6.07) is 7.88. The first-order valence-corrected chi connectivity index (χ1v) is 9.99. The van der Waals surface area contributed by atoms with Gasteiger partial charge in [-0.3, -0.25) is 15.6 Å². The van der Waals surface area contributed by atoms with Gasteiger partial charge in [0, 0.05) is 29.9 Å². The summed E-state index contributed by atoms with van der Waals surface area (Å²) in [7, 11) is 0. The van der Waals surface area contributed by atoms with Gasteiger partial charge in [-0.05, 0) is 42.0 Å². The quantitative estimate of drug-likeness (QED) is 0.767. The molecule has 2 aliphatic heterocycles. The molecule has 0 aromatic heterocycles. The Kier molecular flexibility index (Phi) is 5.47. The number of hydrogen-bond donors (Lipinski definition) is 2. The first-order valence-electron chi connectivity index (χ1n) is 9.99. The number of amides is 1. The van der Waals surface area contributed by atoms with Crippen LogP contribution in [0.15, 0.2) is 36.0 Å². The standard InChI is InChI=1S/C22H33N3O3/c1-20(2,3)16-7-9-17(10-8-16)23-19(26)27-25-13-11-22(12-14-25)15-18(24-28-22)21(4,5)6/h7-10,15,24H,11-14H2,1-6H3,(H,23,26). The van der Waals surface area contributed by atoms with E-state index in [1.54, 1.807) is 5.06 Å². The number of hydroxylamine groups is 3. The monoisotopic (exact) mass is 387 g/mol. The molecule has 2 N–H and O–H groups in total. The van der Waals surface area contributed by atoms with Crippen molar-refractivity contribution in [1.29, 1.82) is 0 Å². The summed E-state index contributed by atoms with van der Waals surface area (Å²) in [5, 5.41) is 4.50. The van der Waals surface area contributed by atoms with Crippen molar-refractivity contribution in [3.05, 3.63) is 41.6 Å². The lowest BCUT2D eigenvalue weighted by Gasteiger charge is -2.35. The molecule has 154 valence electrons. The summed E-state index contributed by atoms with van der Waals surface area (Å²) in [5.41, 5.74) is 5.95. The van der Waals surface area contributed by atoms with Crippen molar-refractivity contribution in [2.45, 2.75) is 65.4 Å². The second-order valence-electron chi connectivity index (χ2n) is 9.84. The summed E-state index contributed by atoms with van der Waals surface area (Å²) < 4.78 is 0. The Balaban J connectivity index is 1.50. The van der Waals surface area contributed by atoms with Gasteiger partial charge in [-0.1, -0.05) is 53.7 Å². The van der Waals surface area contributed by atoms with Crippen molar-refractivity contribution >= 4 is 11.8 Å². The topological polar surface area (TPSA) is 62.8 Å². The third kappa shape index (κ3) is 4.86. The molecule has 0 bridgehead atoms. The van der Waals surface area contributed by atoms with Crippen molar-refractivity contribution in [2.75, 3.05) is 18.4 Å². The van der Waals surface area contributed by atoms with Crippen LogP contribution in [0.4, 0.5) is 10.5 Å². The van der Waals surface area contributed by atoms with Crippen LogP contribution in [-0.4, -0.2) is 29.8 Å². The lowest BCUT2D eigenvalue weighted by molar-refractivity contribution is -0.155. The molecule has 6 heteroatoms. The third-order valence-electron chi connectivity index (χ3n) is 5.36. The van der Waals surface area contributed by atoms with Crippen molar-refractivity contribution in [3.63, 3.8) is 0 Å². The molecule has 2 aliphatic rings. The number of hydrogen-bond acceptors (Lipinski definition) is 5. The minimum Gasteiger partial charge on any atom is -0.351 e. The minimum absolute atomic E-state index is 0.0273. The van der Waals surface area contributed by atoms with Gasteiger partial charge in [0.15, 0.2) is 0 Å². The van der Waals surface area contributed by atoms with Gasteiger partial charge in [0.1, 0.15) is 5.60 Å². The average Bonchev–Trinajstić information content (AvgIpc) is 3.01. The van der Waals surface area contributed by atoms with Crippen molar-refractivity contribution in [3.8, 4) is 0 Å². The molecule has 0 unspecified atom stereocenters. The molecule has 28 heavy (non-hydrogen) atoms. The summed E-state index contributed by atoms with van der Waals surface area (Å²) in [5.74, 6) is 0. The molecule has 1 aromatic carbocycles. The number of piperidine rings is 1. The average molecular weight is 388 g/mol. The van der Waals surface area contributed by atoms with Crippen LogP contribution in [0.3, 0.4) is 0 Å². The number of nitrogens with zero attached hydrogens (tertiary/aromatic N) is 1. The predicted octanol–water partition coefficient (Wildman–Crippen LogP) is 4.75. The Morgan fingerprint density at radius 2 is 1.68 bits per heavy atom. The number of carbonyl (C=O) groups is 1. The fourth-order valence-electron chi connectivity index (χ4n) is 3.36. The number of benzene rings is 1. The van der Waals surface area contributed by atoms with Crippen LogP contribution in [-0.2, 0) is 15.1 Å². The van der Waals surface area contributed by atoms with E-state index >= 15 is 0 Å². The summed E-state index contributed by atoms with van der Waals surface area (Å²) >= 11 is 0.